The van der Waals surface area contributed by atoms with Crippen molar-refractivity contribution in [2.75, 3.05) is 5.73 Å². The van der Waals surface area contributed by atoms with Crippen LogP contribution in [0.25, 0.3) is 32.9 Å². The number of nitrogens with two attached hydrogens (primary N) is 1. The number of anilines is 1. The van der Waals surface area contributed by atoms with Gasteiger partial charge in [-0.3, -0.25) is 0 Å². The molecule has 0 aliphatic heterocycles. The van der Waals surface area contributed by atoms with Crippen molar-refractivity contribution in [2.24, 2.45) is 0 Å². The van der Waals surface area contributed by atoms with Crippen molar-refractivity contribution in [1.82, 2.24) is 24.9 Å². The van der Waals surface area contributed by atoms with Crippen LogP contribution in [0.5, 0.6) is 0 Å². The molecule has 1 saturated carbocycles. The predicted molar refractivity (Wildman–Crippen MR) is 110 cm³/mol. The van der Waals surface area contributed by atoms with Crippen LogP contribution >= 0.6 is 23.1 Å². The highest BCUT2D eigenvalue weighted by molar-refractivity contribution is 8.02. The maximum atomic E-state index is 6.56. The van der Waals surface area contributed by atoms with Gasteiger partial charge in [-0.25, -0.2) is 24.9 Å². The second-order valence-electron chi connectivity index (χ2n) is 6.41. The molecule has 0 spiro atoms. The molecular weight excluding hydrogens is 376 g/mol. The number of nitrogens with zero attached hydrogens (tertiary/aromatic N) is 5. The van der Waals surface area contributed by atoms with Crippen molar-refractivity contribution in [3.05, 3.63) is 43.2 Å². The van der Waals surface area contributed by atoms with Gasteiger partial charge in [0, 0.05) is 46.6 Å². The Bertz CT molecular complexity index is 1090. The van der Waals surface area contributed by atoms with Crippen LogP contribution in [0.1, 0.15) is 19.3 Å². The van der Waals surface area contributed by atoms with E-state index in [0.717, 1.165) is 36.9 Å². The second-order valence-corrected chi connectivity index (χ2v) is 8.98. The van der Waals surface area contributed by atoms with Crippen molar-refractivity contribution in [1.29, 1.82) is 0 Å². The van der Waals surface area contributed by atoms with Gasteiger partial charge in [-0.1, -0.05) is 6.42 Å². The molecule has 6 nitrogen and oxygen atoms in total. The first kappa shape index (κ1) is 16.6. The molecule has 0 atom stereocenters. The van der Waals surface area contributed by atoms with E-state index in [1.165, 1.54) is 25.6 Å². The van der Waals surface area contributed by atoms with Crippen LogP contribution in [0.4, 0.5) is 5.69 Å². The lowest BCUT2D eigenvalue weighted by Crippen LogP contribution is -2.12. The minimum Gasteiger partial charge on any atom is -0.397 e. The quantitative estimate of drug-likeness (QED) is 0.549. The topological polar surface area (TPSA) is 90.5 Å². The number of thiophene rings is 1. The van der Waals surface area contributed by atoms with Crippen molar-refractivity contribution < 1.29 is 0 Å². The van der Waals surface area contributed by atoms with Crippen LogP contribution in [-0.2, 0) is 0 Å². The summed E-state index contributed by atoms with van der Waals surface area (Å²) in [6, 6.07) is 3.79. The molecule has 0 amide bonds. The normalized spacial score (nSPS) is 14.4. The molecule has 1 aliphatic carbocycles. The standard InChI is InChI=1S/C19H16N6S2/c20-16-15-13(17-23-5-2-6-24-17)7-14(11-8-21-10-22-9-11)25-18(15)27-19(16)26-12-3-1-4-12/h2,5-10,12H,1,3-4,20H2. The fraction of sp³-hybridized carbons (Fsp3) is 0.211. The lowest BCUT2D eigenvalue weighted by Gasteiger charge is -2.23. The number of pyridine rings is 1. The van der Waals surface area contributed by atoms with E-state index < -0.39 is 0 Å². The third-order valence-corrected chi connectivity index (χ3v) is 7.33. The van der Waals surface area contributed by atoms with E-state index in [0.29, 0.717) is 11.1 Å². The molecule has 2 N–H and O–H groups in total. The summed E-state index contributed by atoms with van der Waals surface area (Å²) in [5.74, 6) is 0.646. The van der Waals surface area contributed by atoms with Gasteiger partial charge in [-0.2, -0.15) is 0 Å². The maximum Gasteiger partial charge on any atom is 0.159 e. The van der Waals surface area contributed by atoms with Crippen molar-refractivity contribution >= 4 is 39.0 Å². The van der Waals surface area contributed by atoms with E-state index in [-0.39, 0.29) is 0 Å². The third-order valence-electron chi connectivity index (χ3n) is 4.65. The van der Waals surface area contributed by atoms with Gasteiger partial charge in [0.1, 0.15) is 11.2 Å². The fourth-order valence-electron chi connectivity index (χ4n) is 3.02. The van der Waals surface area contributed by atoms with Crippen LogP contribution < -0.4 is 5.73 Å². The smallest absolute Gasteiger partial charge is 0.159 e. The Hall–Kier alpha value is -2.58. The summed E-state index contributed by atoms with van der Waals surface area (Å²) in [5.41, 5.74) is 9.91. The molecule has 4 aromatic rings. The summed E-state index contributed by atoms with van der Waals surface area (Å²) in [6.45, 7) is 0. The summed E-state index contributed by atoms with van der Waals surface area (Å²) in [4.78, 5) is 22.9. The highest BCUT2D eigenvalue weighted by atomic mass is 32.2. The van der Waals surface area contributed by atoms with Gasteiger partial charge in [0.05, 0.1) is 15.6 Å². The van der Waals surface area contributed by atoms with Gasteiger partial charge in [0.2, 0.25) is 0 Å². The molecule has 0 saturated heterocycles. The monoisotopic (exact) mass is 392 g/mol. The van der Waals surface area contributed by atoms with Crippen molar-refractivity contribution in [2.45, 2.75) is 28.7 Å². The van der Waals surface area contributed by atoms with Crippen molar-refractivity contribution in [3.63, 3.8) is 0 Å². The van der Waals surface area contributed by atoms with Crippen LogP contribution in [0.2, 0.25) is 0 Å². The predicted octanol–water partition coefficient (Wildman–Crippen LogP) is 4.44. The van der Waals surface area contributed by atoms with Gasteiger partial charge in [0.15, 0.2) is 5.82 Å². The van der Waals surface area contributed by atoms with Gasteiger partial charge in [0.25, 0.3) is 0 Å². The highest BCUT2D eigenvalue weighted by Crippen LogP contribution is 2.48. The van der Waals surface area contributed by atoms with Crippen LogP contribution in [-0.4, -0.2) is 30.2 Å². The molecule has 8 heteroatoms. The Kier molecular flexibility index (Phi) is 4.21. The summed E-state index contributed by atoms with van der Waals surface area (Å²) < 4.78 is 1.14. The number of hydrogen-bond donors (Lipinski definition) is 1. The number of fused-ring (bicyclic) bond motifs is 1. The Morgan fingerprint density at radius 2 is 1.89 bits per heavy atom. The van der Waals surface area contributed by atoms with Crippen molar-refractivity contribution in [3.8, 4) is 22.6 Å². The Morgan fingerprint density at radius 1 is 1.11 bits per heavy atom. The zero-order chi connectivity index (χ0) is 18.2. The molecule has 27 heavy (non-hydrogen) atoms. The molecule has 4 aromatic heterocycles. The van der Waals surface area contributed by atoms with Gasteiger partial charge < -0.3 is 5.73 Å². The van der Waals surface area contributed by atoms with E-state index in [1.54, 1.807) is 36.1 Å². The molecule has 0 unspecified atom stereocenters. The summed E-state index contributed by atoms with van der Waals surface area (Å²) in [5, 5.41) is 1.60. The first-order chi connectivity index (χ1) is 13.3. The van der Waals surface area contributed by atoms with Gasteiger partial charge in [-0.15, -0.1) is 23.1 Å². The molecular formula is C19H16N6S2. The number of rotatable bonds is 4. The molecule has 134 valence electrons. The van der Waals surface area contributed by atoms with Crippen LogP contribution in [0.3, 0.4) is 0 Å². The molecule has 5 rings (SSSR count). The lowest BCUT2D eigenvalue weighted by molar-refractivity contribution is 0.522. The average molecular weight is 393 g/mol. The average Bonchev–Trinajstić information content (AvgIpc) is 3.01. The first-order valence-corrected chi connectivity index (χ1v) is 10.4. The maximum absolute atomic E-state index is 6.56. The molecule has 4 heterocycles. The lowest BCUT2D eigenvalue weighted by atomic mass is 10.0. The van der Waals surface area contributed by atoms with E-state index in [2.05, 4.69) is 19.9 Å². The SMILES string of the molecule is Nc1c(SC2CCC2)sc2nc(-c3cncnc3)cc(-c3ncccn3)c12. The zero-order valence-corrected chi connectivity index (χ0v) is 16.0. The second kappa shape index (κ2) is 6.86. The van der Waals surface area contributed by atoms with E-state index >= 15 is 0 Å². The number of thioether (sulfide) groups is 1. The summed E-state index contributed by atoms with van der Waals surface area (Å²) in [6.07, 6.45) is 12.3. The third kappa shape index (κ3) is 3.04. The molecule has 0 bridgehead atoms. The van der Waals surface area contributed by atoms with E-state index in [1.807, 2.05) is 23.9 Å². The Morgan fingerprint density at radius 3 is 2.59 bits per heavy atom. The van der Waals surface area contributed by atoms with Crippen LogP contribution in [0, 0.1) is 0 Å². The molecule has 1 fully saturated rings. The number of nitrogen functional groups attached to an aromatic ring is 1. The zero-order valence-electron chi connectivity index (χ0n) is 14.4. The van der Waals surface area contributed by atoms with E-state index in [4.69, 9.17) is 10.7 Å². The Labute approximate surface area is 164 Å². The minimum absolute atomic E-state index is 0.646. The first-order valence-electron chi connectivity index (χ1n) is 8.72. The minimum atomic E-state index is 0.646. The number of hydrogen-bond acceptors (Lipinski definition) is 8. The highest BCUT2D eigenvalue weighted by Gasteiger charge is 2.24. The number of aromatic nitrogens is 5. The molecule has 0 aromatic carbocycles. The van der Waals surface area contributed by atoms with Crippen LogP contribution in [0.15, 0.2) is 47.5 Å². The summed E-state index contributed by atoms with van der Waals surface area (Å²) >= 11 is 3.53. The fourth-order valence-corrected chi connectivity index (χ4v) is 5.81. The molecule has 1 aliphatic rings. The Balaban J connectivity index is 1.72. The molecule has 0 radical (unpaired) electrons. The van der Waals surface area contributed by atoms with E-state index in [9.17, 15) is 0 Å². The van der Waals surface area contributed by atoms with Gasteiger partial charge >= 0.3 is 0 Å². The largest absolute Gasteiger partial charge is 0.397 e. The van der Waals surface area contributed by atoms with Gasteiger partial charge in [-0.05, 0) is 25.0 Å². The summed E-state index contributed by atoms with van der Waals surface area (Å²) in [7, 11) is 0.